The van der Waals surface area contributed by atoms with Gasteiger partial charge >= 0.3 is 0 Å². The first-order valence-corrected chi connectivity index (χ1v) is 8.71. The number of aryl methyl sites for hydroxylation is 1. The lowest BCUT2D eigenvalue weighted by Crippen LogP contribution is -2.32. The van der Waals surface area contributed by atoms with Gasteiger partial charge in [-0.25, -0.2) is 12.8 Å². The molecule has 6 heteroatoms. The molecule has 114 valence electrons. The number of halogens is 2. The molecule has 20 heavy (non-hydrogen) atoms. The van der Waals surface area contributed by atoms with Crippen LogP contribution in [0.3, 0.4) is 0 Å². The van der Waals surface area contributed by atoms with E-state index in [9.17, 15) is 12.8 Å². The molecular weight excluding hydrogens is 301 g/mol. The van der Waals surface area contributed by atoms with Gasteiger partial charge in [-0.15, -0.1) is 11.6 Å². The van der Waals surface area contributed by atoms with Crippen LogP contribution in [-0.2, 0) is 15.9 Å². The molecule has 0 radical (unpaired) electrons. The van der Waals surface area contributed by atoms with Gasteiger partial charge in [0.2, 0.25) is 10.0 Å². The number of sulfonamides is 1. The number of nitrogens with zero attached hydrogens (tertiary/aromatic N) is 1. The lowest BCUT2D eigenvalue weighted by atomic mass is 10.1. The zero-order valence-electron chi connectivity index (χ0n) is 12.1. The zero-order chi connectivity index (χ0) is 15.3. The fourth-order valence-corrected chi connectivity index (χ4v) is 4.01. The molecular formula is C14H21ClFNO2S. The van der Waals surface area contributed by atoms with Gasteiger partial charge in [0.1, 0.15) is 5.82 Å². The Kier molecular flexibility index (Phi) is 6.43. The molecule has 0 unspecified atom stereocenters. The Morgan fingerprint density at radius 3 is 2.20 bits per heavy atom. The highest BCUT2D eigenvalue weighted by atomic mass is 35.5. The molecule has 0 aliphatic rings. The van der Waals surface area contributed by atoms with E-state index in [1.807, 2.05) is 13.8 Å². The molecule has 0 spiro atoms. The molecule has 0 amide bonds. The van der Waals surface area contributed by atoms with Gasteiger partial charge in [-0.1, -0.05) is 13.8 Å². The van der Waals surface area contributed by atoms with Crippen molar-refractivity contribution in [3.05, 3.63) is 29.1 Å². The molecule has 0 heterocycles. The minimum absolute atomic E-state index is 0.0441. The molecule has 3 nitrogen and oxygen atoms in total. The van der Waals surface area contributed by atoms with Crippen molar-refractivity contribution in [2.45, 2.75) is 44.4 Å². The lowest BCUT2D eigenvalue weighted by molar-refractivity contribution is 0.409. The lowest BCUT2D eigenvalue weighted by Gasteiger charge is -2.21. The predicted molar refractivity (Wildman–Crippen MR) is 80.0 cm³/mol. The van der Waals surface area contributed by atoms with E-state index >= 15 is 0 Å². The fraction of sp³-hybridized carbons (Fsp3) is 0.571. The second kappa shape index (κ2) is 7.38. The molecule has 0 fully saturated rings. The van der Waals surface area contributed by atoms with Gasteiger partial charge in [-0.3, -0.25) is 0 Å². The standard InChI is InChI=1S/C14H21ClFNO2S/c1-4-6-17(7-5-2)20(18,19)13-8-11(3)14(16)12(9-13)10-15/h8-9H,4-7,10H2,1-3H3. The summed E-state index contributed by atoms with van der Waals surface area (Å²) >= 11 is 5.68. The normalized spacial score (nSPS) is 12.1. The number of alkyl halides is 1. The number of hydrogen-bond acceptors (Lipinski definition) is 2. The van der Waals surface area contributed by atoms with Crippen molar-refractivity contribution < 1.29 is 12.8 Å². The molecule has 0 aliphatic heterocycles. The van der Waals surface area contributed by atoms with Crippen molar-refractivity contribution in [3.8, 4) is 0 Å². The summed E-state index contributed by atoms with van der Waals surface area (Å²) in [5, 5.41) is 0. The molecule has 1 rings (SSSR count). The third-order valence-corrected chi connectivity index (χ3v) is 5.20. The first-order valence-electron chi connectivity index (χ1n) is 6.73. The van der Waals surface area contributed by atoms with Crippen molar-refractivity contribution in [3.63, 3.8) is 0 Å². The smallest absolute Gasteiger partial charge is 0.207 e. The minimum atomic E-state index is -3.59. The van der Waals surface area contributed by atoms with E-state index in [4.69, 9.17) is 11.6 Å². The Morgan fingerprint density at radius 1 is 1.20 bits per heavy atom. The Labute approximate surface area is 125 Å². The second-order valence-corrected chi connectivity index (χ2v) is 6.96. The summed E-state index contributed by atoms with van der Waals surface area (Å²) in [7, 11) is -3.59. The third kappa shape index (κ3) is 3.71. The van der Waals surface area contributed by atoms with E-state index < -0.39 is 15.8 Å². The van der Waals surface area contributed by atoms with E-state index in [2.05, 4.69) is 0 Å². The van der Waals surface area contributed by atoms with Crippen LogP contribution in [0.4, 0.5) is 4.39 Å². The van der Waals surface area contributed by atoms with Crippen LogP contribution < -0.4 is 0 Å². The number of hydrogen-bond donors (Lipinski definition) is 0. The van der Waals surface area contributed by atoms with E-state index in [0.29, 0.717) is 18.7 Å². The molecule has 0 saturated heterocycles. The monoisotopic (exact) mass is 321 g/mol. The SMILES string of the molecule is CCCN(CCC)S(=O)(=O)c1cc(C)c(F)c(CCl)c1. The van der Waals surface area contributed by atoms with Crippen LogP contribution in [0.25, 0.3) is 0 Å². The van der Waals surface area contributed by atoms with Crippen LogP contribution in [0.15, 0.2) is 17.0 Å². The van der Waals surface area contributed by atoms with Crippen molar-refractivity contribution in [2.24, 2.45) is 0 Å². The molecule has 0 atom stereocenters. The van der Waals surface area contributed by atoms with E-state index in [1.165, 1.54) is 16.4 Å². The summed E-state index contributed by atoms with van der Waals surface area (Å²) < 4.78 is 40.4. The van der Waals surface area contributed by atoms with E-state index in [1.54, 1.807) is 6.92 Å². The highest BCUT2D eigenvalue weighted by Gasteiger charge is 2.24. The van der Waals surface area contributed by atoms with E-state index in [-0.39, 0.29) is 16.3 Å². The summed E-state index contributed by atoms with van der Waals surface area (Å²) in [5.41, 5.74) is 0.521. The molecule has 0 aliphatic carbocycles. The van der Waals surface area contributed by atoms with Gasteiger partial charge < -0.3 is 0 Å². The molecule has 0 aromatic heterocycles. The highest BCUT2D eigenvalue weighted by molar-refractivity contribution is 7.89. The van der Waals surface area contributed by atoms with Crippen LogP contribution in [0, 0.1) is 12.7 Å². The second-order valence-electron chi connectivity index (χ2n) is 4.75. The first kappa shape index (κ1) is 17.4. The van der Waals surface area contributed by atoms with Crippen molar-refractivity contribution >= 4 is 21.6 Å². The summed E-state index contributed by atoms with van der Waals surface area (Å²) in [4.78, 5) is 0.119. The Bertz CT molecular complexity index is 555. The average molecular weight is 322 g/mol. The van der Waals surface area contributed by atoms with Gasteiger partial charge in [0, 0.05) is 18.7 Å². The Morgan fingerprint density at radius 2 is 1.75 bits per heavy atom. The summed E-state index contributed by atoms with van der Waals surface area (Å²) in [5.74, 6) is -0.478. The maximum absolute atomic E-state index is 13.8. The summed E-state index contributed by atoms with van der Waals surface area (Å²) in [6, 6.07) is 2.71. The maximum atomic E-state index is 13.8. The highest BCUT2D eigenvalue weighted by Crippen LogP contribution is 2.23. The predicted octanol–water partition coefficient (Wildman–Crippen LogP) is 3.68. The molecule has 1 aromatic carbocycles. The van der Waals surface area contributed by atoms with Gasteiger partial charge in [0.05, 0.1) is 10.8 Å². The molecule has 0 bridgehead atoms. The van der Waals surface area contributed by atoms with Crippen LogP contribution in [-0.4, -0.2) is 25.8 Å². The molecule has 0 N–H and O–H groups in total. The van der Waals surface area contributed by atoms with Crippen LogP contribution in [0.2, 0.25) is 0 Å². The van der Waals surface area contributed by atoms with Crippen LogP contribution >= 0.6 is 11.6 Å². The molecule has 1 aromatic rings. The topological polar surface area (TPSA) is 37.4 Å². The van der Waals surface area contributed by atoms with Crippen molar-refractivity contribution in [1.29, 1.82) is 0 Å². The van der Waals surface area contributed by atoms with Gasteiger partial charge in [0.25, 0.3) is 0 Å². The first-order chi connectivity index (χ1) is 9.38. The minimum Gasteiger partial charge on any atom is -0.207 e. The van der Waals surface area contributed by atoms with Crippen molar-refractivity contribution in [2.75, 3.05) is 13.1 Å². The number of rotatable bonds is 7. The van der Waals surface area contributed by atoms with Crippen molar-refractivity contribution in [1.82, 2.24) is 4.31 Å². The Hall–Kier alpha value is -0.650. The largest absolute Gasteiger partial charge is 0.243 e. The third-order valence-electron chi connectivity index (χ3n) is 3.03. The fourth-order valence-electron chi connectivity index (χ4n) is 2.05. The molecule has 0 saturated carbocycles. The van der Waals surface area contributed by atoms with Gasteiger partial charge in [0.15, 0.2) is 0 Å². The Balaban J connectivity index is 3.30. The van der Waals surface area contributed by atoms with Crippen LogP contribution in [0.1, 0.15) is 37.8 Å². The van der Waals surface area contributed by atoms with Gasteiger partial charge in [-0.05, 0) is 37.5 Å². The quantitative estimate of drug-likeness (QED) is 0.718. The van der Waals surface area contributed by atoms with Gasteiger partial charge in [-0.2, -0.15) is 4.31 Å². The van der Waals surface area contributed by atoms with Crippen LogP contribution in [0.5, 0.6) is 0 Å². The maximum Gasteiger partial charge on any atom is 0.243 e. The average Bonchev–Trinajstić information content (AvgIpc) is 2.41. The zero-order valence-corrected chi connectivity index (χ0v) is 13.7. The van der Waals surface area contributed by atoms with E-state index in [0.717, 1.165) is 12.8 Å². The summed E-state index contributed by atoms with van der Waals surface area (Å²) in [6.45, 7) is 6.33. The number of benzene rings is 1. The summed E-state index contributed by atoms with van der Waals surface area (Å²) in [6.07, 6.45) is 1.48.